The van der Waals surface area contributed by atoms with E-state index in [0.717, 1.165) is 44.5 Å². The van der Waals surface area contributed by atoms with Gasteiger partial charge in [-0.15, -0.1) is 0 Å². The van der Waals surface area contributed by atoms with Gasteiger partial charge in [0.1, 0.15) is 0 Å². The van der Waals surface area contributed by atoms with E-state index in [1.807, 2.05) is 6.07 Å². The highest BCUT2D eigenvalue weighted by Crippen LogP contribution is 2.23. The summed E-state index contributed by atoms with van der Waals surface area (Å²) in [5, 5.41) is 12.9. The molecule has 1 aliphatic carbocycles. The lowest BCUT2D eigenvalue weighted by atomic mass is 10.1. The summed E-state index contributed by atoms with van der Waals surface area (Å²) in [6, 6.07) is 21.4. The third-order valence-corrected chi connectivity index (χ3v) is 4.62. The molecule has 120 valence electrons. The zero-order valence-corrected chi connectivity index (χ0v) is 13.4. The van der Waals surface area contributed by atoms with Gasteiger partial charge < -0.3 is 5.21 Å². The normalized spacial score (nSPS) is 19.5. The van der Waals surface area contributed by atoms with E-state index in [9.17, 15) is 5.21 Å². The maximum atomic E-state index is 9.30. The molecule has 2 aromatic carbocycles. The zero-order chi connectivity index (χ0) is 15.9. The minimum atomic E-state index is 0.268. The van der Waals surface area contributed by atoms with E-state index in [4.69, 9.17) is 0 Å². The van der Waals surface area contributed by atoms with Crippen LogP contribution in [0, 0.1) is 0 Å². The number of benzene rings is 2. The van der Waals surface area contributed by atoms with Crippen LogP contribution in [-0.4, -0.2) is 28.4 Å². The average molecular weight is 308 g/mol. The second kappa shape index (κ2) is 7.93. The summed E-state index contributed by atoms with van der Waals surface area (Å²) < 4.78 is 0. The van der Waals surface area contributed by atoms with Gasteiger partial charge in [0.05, 0.1) is 11.8 Å². The Labute approximate surface area is 138 Å². The van der Waals surface area contributed by atoms with E-state index in [1.54, 1.807) is 0 Å². The predicted octanol–water partition coefficient (Wildman–Crippen LogP) is 4.11. The van der Waals surface area contributed by atoms with E-state index >= 15 is 0 Å². The van der Waals surface area contributed by atoms with Crippen LogP contribution < -0.4 is 0 Å². The minimum absolute atomic E-state index is 0.268. The van der Waals surface area contributed by atoms with Crippen molar-refractivity contribution in [1.82, 2.24) is 4.90 Å². The molecule has 0 saturated heterocycles. The van der Waals surface area contributed by atoms with Gasteiger partial charge in [0.2, 0.25) is 0 Å². The topological polar surface area (TPSA) is 35.8 Å². The highest BCUT2D eigenvalue weighted by Gasteiger charge is 2.28. The molecule has 1 fully saturated rings. The third kappa shape index (κ3) is 4.20. The van der Waals surface area contributed by atoms with E-state index in [0.29, 0.717) is 0 Å². The molecular weight excluding hydrogens is 284 g/mol. The molecule has 1 N–H and O–H groups in total. The largest absolute Gasteiger partial charge is 0.411 e. The SMILES string of the molecule is O/N=C1/CCCC1N(CCc1ccccc1)Cc1ccccc1. The quantitative estimate of drug-likeness (QED) is 0.644. The van der Waals surface area contributed by atoms with Crippen LogP contribution in [0.25, 0.3) is 0 Å². The maximum absolute atomic E-state index is 9.30. The summed E-state index contributed by atoms with van der Waals surface area (Å²) in [7, 11) is 0. The van der Waals surface area contributed by atoms with E-state index in [2.05, 4.69) is 64.7 Å². The van der Waals surface area contributed by atoms with Crippen LogP contribution >= 0.6 is 0 Å². The van der Waals surface area contributed by atoms with E-state index in [1.165, 1.54) is 11.1 Å². The van der Waals surface area contributed by atoms with Crippen LogP contribution in [0.1, 0.15) is 30.4 Å². The molecule has 0 spiro atoms. The second-order valence-corrected chi connectivity index (χ2v) is 6.19. The highest BCUT2D eigenvalue weighted by molar-refractivity contribution is 5.90. The Morgan fingerprint density at radius 2 is 1.61 bits per heavy atom. The van der Waals surface area contributed by atoms with Gasteiger partial charge in [-0.2, -0.15) is 0 Å². The van der Waals surface area contributed by atoms with Crippen molar-refractivity contribution in [2.24, 2.45) is 5.16 Å². The van der Waals surface area contributed by atoms with Gasteiger partial charge in [-0.3, -0.25) is 4.90 Å². The van der Waals surface area contributed by atoms with Crippen molar-refractivity contribution in [2.45, 2.75) is 38.3 Å². The van der Waals surface area contributed by atoms with Gasteiger partial charge >= 0.3 is 0 Å². The van der Waals surface area contributed by atoms with Crippen molar-refractivity contribution in [3.8, 4) is 0 Å². The molecule has 0 heterocycles. The molecule has 0 bridgehead atoms. The monoisotopic (exact) mass is 308 g/mol. The Morgan fingerprint density at radius 1 is 0.957 bits per heavy atom. The summed E-state index contributed by atoms with van der Waals surface area (Å²) in [6.45, 7) is 1.87. The minimum Gasteiger partial charge on any atom is -0.411 e. The Balaban J connectivity index is 1.73. The first-order valence-electron chi connectivity index (χ1n) is 8.39. The van der Waals surface area contributed by atoms with Gasteiger partial charge in [-0.05, 0) is 36.8 Å². The van der Waals surface area contributed by atoms with Crippen LogP contribution in [0.3, 0.4) is 0 Å². The Bertz CT molecular complexity index is 625. The van der Waals surface area contributed by atoms with Crippen LogP contribution in [0.2, 0.25) is 0 Å². The molecule has 1 atom stereocenters. The van der Waals surface area contributed by atoms with Gasteiger partial charge in [0, 0.05) is 13.1 Å². The lowest BCUT2D eigenvalue weighted by molar-refractivity contribution is 0.228. The van der Waals surface area contributed by atoms with E-state index in [-0.39, 0.29) is 6.04 Å². The zero-order valence-electron chi connectivity index (χ0n) is 13.4. The molecule has 0 amide bonds. The number of hydrogen-bond donors (Lipinski definition) is 1. The molecule has 3 heteroatoms. The molecule has 1 aliphatic rings. The summed E-state index contributed by atoms with van der Waals surface area (Å²) in [5.41, 5.74) is 3.60. The summed E-state index contributed by atoms with van der Waals surface area (Å²) >= 11 is 0. The Hall–Kier alpha value is -2.13. The first-order chi connectivity index (χ1) is 11.4. The van der Waals surface area contributed by atoms with Crippen molar-refractivity contribution in [3.63, 3.8) is 0 Å². The van der Waals surface area contributed by atoms with Crippen LogP contribution in [0.4, 0.5) is 0 Å². The summed E-state index contributed by atoms with van der Waals surface area (Å²) in [4.78, 5) is 2.46. The lowest BCUT2D eigenvalue weighted by Crippen LogP contribution is -2.39. The first-order valence-corrected chi connectivity index (χ1v) is 8.39. The van der Waals surface area contributed by atoms with Crippen molar-refractivity contribution in [3.05, 3.63) is 71.8 Å². The molecule has 1 saturated carbocycles. The molecular formula is C20H24N2O. The average Bonchev–Trinajstić information content (AvgIpc) is 3.09. The summed E-state index contributed by atoms with van der Waals surface area (Å²) in [5.74, 6) is 0. The molecule has 1 unspecified atom stereocenters. The van der Waals surface area contributed by atoms with Crippen molar-refractivity contribution >= 4 is 5.71 Å². The van der Waals surface area contributed by atoms with Gasteiger partial charge in [0.15, 0.2) is 0 Å². The van der Waals surface area contributed by atoms with Gasteiger partial charge in [-0.1, -0.05) is 65.8 Å². The van der Waals surface area contributed by atoms with Crippen LogP contribution in [0.5, 0.6) is 0 Å². The number of oxime groups is 1. The maximum Gasteiger partial charge on any atom is 0.0742 e. The van der Waals surface area contributed by atoms with Crippen molar-refractivity contribution in [2.75, 3.05) is 6.54 Å². The molecule has 2 aromatic rings. The fourth-order valence-corrected chi connectivity index (χ4v) is 3.40. The van der Waals surface area contributed by atoms with Crippen molar-refractivity contribution in [1.29, 1.82) is 0 Å². The fourth-order valence-electron chi connectivity index (χ4n) is 3.40. The van der Waals surface area contributed by atoms with E-state index < -0.39 is 0 Å². The molecule has 23 heavy (non-hydrogen) atoms. The number of hydrogen-bond acceptors (Lipinski definition) is 3. The number of rotatable bonds is 6. The van der Waals surface area contributed by atoms with Crippen LogP contribution in [-0.2, 0) is 13.0 Å². The molecule has 3 rings (SSSR count). The molecule has 0 aromatic heterocycles. The Kier molecular flexibility index (Phi) is 5.43. The molecule has 3 nitrogen and oxygen atoms in total. The number of nitrogens with zero attached hydrogens (tertiary/aromatic N) is 2. The standard InChI is InChI=1S/C20H24N2O/c23-21-19-12-7-13-20(19)22(16-18-10-5-2-6-11-18)15-14-17-8-3-1-4-9-17/h1-6,8-11,20,23H,7,12-16H2/b21-19-. The highest BCUT2D eigenvalue weighted by atomic mass is 16.4. The predicted molar refractivity (Wildman–Crippen MR) is 93.9 cm³/mol. The summed E-state index contributed by atoms with van der Waals surface area (Å²) in [6.07, 6.45) is 4.13. The third-order valence-electron chi connectivity index (χ3n) is 4.62. The van der Waals surface area contributed by atoms with Gasteiger partial charge in [-0.25, -0.2) is 0 Å². The fraction of sp³-hybridized carbons (Fsp3) is 0.350. The smallest absolute Gasteiger partial charge is 0.0742 e. The Morgan fingerprint density at radius 3 is 2.26 bits per heavy atom. The molecule has 0 aliphatic heterocycles. The molecule has 0 radical (unpaired) electrons. The lowest BCUT2D eigenvalue weighted by Gasteiger charge is -2.29. The van der Waals surface area contributed by atoms with Crippen molar-refractivity contribution < 1.29 is 5.21 Å². The van der Waals surface area contributed by atoms with Gasteiger partial charge in [0.25, 0.3) is 0 Å². The second-order valence-electron chi connectivity index (χ2n) is 6.19. The van der Waals surface area contributed by atoms with Crippen LogP contribution in [0.15, 0.2) is 65.8 Å². The first kappa shape index (κ1) is 15.8.